The third-order valence-electron chi connectivity index (χ3n) is 4.32. The van der Waals surface area contributed by atoms with Crippen LogP contribution in [-0.4, -0.2) is 26.7 Å². The fourth-order valence-corrected chi connectivity index (χ4v) is 2.91. The van der Waals surface area contributed by atoms with Crippen molar-refractivity contribution < 1.29 is 9.90 Å². The Morgan fingerprint density at radius 3 is 2.57 bits per heavy atom. The Labute approximate surface area is 138 Å². The number of unbranched alkanes of at least 4 members (excludes halogenated alkanes) is 4. The Morgan fingerprint density at radius 2 is 1.91 bits per heavy atom. The van der Waals surface area contributed by atoms with Crippen LogP contribution >= 0.6 is 0 Å². The second kappa shape index (κ2) is 8.20. The molecule has 0 spiro atoms. The molecule has 1 amide bonds. The molecule has 126 valence electrons. The van der Waals surface area contributed by atoms with Gasteiger partial charge in [-0.05, 0) is 25.0 Å². The maximum atomic E-state index is 12.6. The van der Waals surface area contributed by atoms with Gasteiger partial charge in [-0.1, -0.05) is 39.5 Å². The second-order valence-electron chi connectivity index (χ2n) is 6.12. The van der Waals surface area contributed by atoms with Gasteiger partial charge in [0.15, 0.2) is 5.72 Å². The second-order valence-corrected chi connectivity index (χ2v) is 6.12. The summed E-state index contributed by atoms with van der Waals surface area (Å²) >= 11 is 0. The first-order valence-corrected chi connectivity index (χ1v) is 8.64. The van der Waals surface area contributed by atoms with Crippen molar-refractivity contribution in [2.24, 2.45) is 5.10 Å². The summed E-state index contributed by atoms with van der Waals surface area (Å²) in [4.78, 5) is 16.6. The first-order valence-electron chi connectivity index (χ1n) is 8.64. The summed E-state index contributed by atoms with van der Waals surface area (Å²) in [7, 11) is 0. The Balaban J connectivity index is 2.06. The molecule has 0 bridgehead atoms. The summed E-state index contributed by atoms with van der Waals surface area (Å²) in [6.07, 6.45) is 10.2. The molecule has 0 unspecified atom stereocenters. The van der Waals surface area contributed by atoms with Gasteiger partial charge in [-0.25, -0.2) is 0 Å². The number of hydrogen-bond acceptors (Lipinski definition) is 4. The van der Waals surface area contributed by atoms with Gasteiger partial charge in [-0.3, -0.25) is 9.78 Å². The molecule has 0 aromatic carbocycles. The molecule has 1 aromatic heterocycles. The number of aliphatic hydroxyl groups is 1. The molecule has 1 aliphatic heterocycles. The fraction of sp³-hybridized carbons (Fsp3) is 0.611. The van der Waals surface area contributed by atoms with Crippen LogP contribution < -0.4 is 0 Å². The van der Waals surface area contributed by atoms with Crippen molar-refractivity contribution in [1.29, 1.82) is 0 Å². The highest BCUT2D eigenvalue weighted by Crippen LogP contribution is 2.36. The summed E-state index contributed by atoms with van der Waals surface area (Å²) in [5, 5.41) is 16.8. The number of hydrogen-bond donors (Lipinski definition) is 1. The maximum absolute atomic E-state index is 12.6. The van der Waals surface area contributed by atoms with E-state index < -0.39 is 5.72 Å². The van der Waals surface area contributed by atoms with Crippen molar-refractivity contribution in [3.63, 3.8) is 0 Å². The number of nitrogens with zero attached hydrogens (tertiary/aromatic N) is 3. The van der Waals surface area contributed by atoms with E-state index in [0.29, 0.717) is 18.4 Å². The maximum Gasteiger partial charge on any atom is 0.245 e. The van der Waals surface area contributed by atoms with Crippen LogP contribution in [0.5, 0.6) is 0 Å². The number of rotatable bonds is 8. The number of amides is 1. The average molecular weight is 317 g/mol. The van der Waals surface area contributed by atoms with E-state index in [9.17, 15) is 9.90 Å². The van der Waals surface area contributed by atoms with Crippen molar-refractivity contribution >= 4 is 11.6 Å². The number of carbonyl (C=O) groups excluding carboxylic acids is 1. The summed E-state index contributed by atoms with van der Waals surface area (Å²) in [6.45, 7) is 4.16. The van der Waals surface area contributed by atoms with Gasteiger partial charge < -0.3 is 5.11 Å². The van der Waals surface area contributed by atoms with Crippen molar-refractivity contribution in [1.82, 2.24) is 9.99 Å². The van der Waals surface area contributed by atoms with Crippen molar-refractivity contribution in [3.8, 4) is 0 Å². The number of aromatic nitrogens is 1. The largest absolute Gasteiger partial charge is 0.365 e. The lowest BCUT2D eigenvalue weighted by molar-refractivity contribution is -0.157. The predicted molar refractivity (Wildman–Crippen MR) is 90.7 cm³/mol. The average Bonchev–Trinajstić information content (AvgIpc) is 2.94. The van der Waals surface area contributed by atoms with Crippen LogP contribution in [0.4, 0.5) is 0 Å². The quantitative estimate of drug-likeness (QED) is 0.745. The molecule has 1 aromatic rings. The molecule has 0 aliphatic carbocycles. The fourth-order valence-electron chi connectivity index (χ4n) is 2.91. The van der Waals surface area contributed by atoms with E-state index in [1.54, 1.807) is 24.5 Å². The van der Waals surface area contributed by atoms with Gasteiger partial charge in [-0.15, -0.1) is 0 Å². The van der Waals surface area contributed by atoms with Gasteiger partial charge in [0.1, 0.15) is 0 Å². The van der Waals surface area contributed by atoms with Crippen LogP contribution in [0.1, 0.15) is 70.8 Å². The first kappa shape index (κ1) is 17.6. The minimum atomic E-state index is -1.37. The van der Waals surface area contributed by atoms with E-state index in [0.717, 1.165) is 31.4 Å². The van der Waals surface area contributed by atoms with Gasteiger partial charge in [0.25, 0.3) is 0 Å². The molecule has 5 nitrogen and oxygen atoms in total. The third kappa shape index (κ3) is 4.16. The molecular formula is C18H27N3O2. The van der Waals surface area contributed by atoms with Crippen LogP contribution in [0.2, 0.25) is 0 Å². The van der Waals surface area contributed by atoms with Crippen LogP contribution in [-0.2, 0) is 10.5 Å². The molecule has 1 atom stereocenters. The lowest BCUT2D eigenvalue weighted by Gasteiger charge is -2.31. The Hall–Kier alpha value is -1.75. The summed E-state index contributed by atoms with van der Waals surface area (Å²) in [5.41, 5.74) is 0.150. The van der Waals surface area contributed by atoms with E-state index in [2.05, 4.69) is 17.0 Å². The molecule has 2 rings (SSSR count). The van der Waals surface area contributed by atoms with Gasteiger partial charge in [0.05, 0.1) is 0 Å². The summed E-state index contributed by atoms with van der Waals surface area (Å²) in [6, 6.07) is 3.49. The molecule has 23 heavy (non-hydrogen) atoms. The molecule has 0 saturated carbocycles. The number of carbonyl (C=O) groups is 1. The zero-order valence-electron chi connectivity index (χ0n) is 14.2. The zero-order valence-corrected chi connectivity index (χ0v) is 14.2. The Bertz CT molecular complexity index is 544. The van der Waals surface area contributed by atoms with Gasteiger partial charge >= 0.3 is 0 Å². The van der Waals surface area contributed by atoms with Crippen molar-refractivity contribution in [2.75, 3.05) is 0 Å². The highest BCUT2D eigenvalue weighted by atomic mass is 16.3. The zero-order chi connectivity index (χ0) is 16.7. The van der Waals surface area contributed by atoms with E-state index in [4.69, 9.17) is 0 Å². The highest BCUT2D eigenvalue weighted by molar-refractivity contribution is 5.90. The summed E-state index contributed by atoms with van der Waals surface area (Å²) < 4.78 is 0. The minimum Gasteiger partial charge on any atom is -0.365 e. The lowest BCUT2D eigenvalue weighted by Crippen LogP contribution is -2.43. The number of pyridine rings is 1. The molecule has 1 aliphatic rings. The molecule has 2 heterocycles. The van der Waals surface area contributed by atoms with Crippen LogP contribution in [0, 0.1) is 0 Å². The molecule has 0 radical (unpaired) electrons. The SMILES string of the molecule is CCCCCCCC(=O)N1N=C(CC)C[C@@]1(O)c1ccncc1. The number of hydrazone groups is 1. The standard InChI is InChI=1S/C18H27N3O2/c1-3-5-6-7-8-9-17(22)21-18(23,14-16(4-2)20-21)15-10-12-19-13-11-15/h10-13,23H,3-9,14H2,1-2H3/t18-/m1/s1. The van der Waals surface area contributed by atoms with E-state index >= 15 is 0 Å². The smallest absolute Gasteiger partial charge is 0.245 e. The van der Waals surface area contributed by atoms with Crippen LogP contribution in [0.3, 0.4) is 0 Å². The van der Waals surface area contributed by atoms with E-state index in [-0.39, 0.29) is 5.91 Å². The topological polar surface area (TPSA) is 65.8 Å². The van der Waals surface area contributed by atoms with Crippen molar-refractivity contribution in [3.05, 3.63) is 30.1 Å². The molecule has 1 N–H and O–H groups in total. The lowest BCUT2D eigenvalue weighted by atomic mass is 9.97. The Kier molecular flexibility index (Phi) is 6.28. The van der Waals surface area contributed by atoms with E-state index in [1.807, 2.05) is 6.92 Å². The van der Waals surface area contributed by atoms with Crippen molar-refractivity contribution in [2.45, 2.75) is 70.9 Å². The molecular weight excluding hydrogens is 290 g/mol. The first-order chi connectivity index (χ1) is 11.1. The predicted octanol–water partition coefficient (Wildman–Crippen LogP) is 3.59. The van der Waals surface area contributed by atoms with Crippen LogP contribution in [0.15, 0.2) is 29.6 Å². The van der Waals surface area contributed by atoms with E-state index in [1.165, 1.54) is 17.9 Å². The minimum absolute atomic E-state index is 0.107. The highest BCUT2D eigenvalue weighted by Gasteiger charge is 2.44. The monoisotopic (exact) mass is 317 g/mol. The molecule has 5 heteroatoms. The third-order valence-corrected chi connectivity index (χ3v) is 4.32. The van der Waals surface area contributed by atoms with Gasteiger partial charge in [-0.2, -0.15) is 10.1 Å². The normalized spacial score (nSPS) is 20.7. The van der Waals surface area contributed by atoms with Gasteiger partial charge in [0.2, 0.25) is 5.91 Å². The Morgan fingerprint density at radius 1 is 1.22 bits per heavy atom. The molecule has 0 fully saturated rings. The summed E-state index contributed by atoms with van der Waals surface area (Å²) in [5.74, 6) is -0.107. The van der Waals surface area contributed by atoms with Crippen LogP contribution in [0.25, 0.3) is 0 Å². The van der Waals surface area contributed by atoms with Gasteiger partial charge in [0, 0.05) is 36.5 Å². The molecule has 0 saturated heterocycles.